The van der Waals surface area contributed by atoms with Crippen LogP contribution in [0.15, 0.2) is 109 Å². The van der Waals surface area contributed by atoms with Crippen molar-refractivity contribution in [2.45, 2.75) is 26.1 Å². The van der Waals surface area contributed by atoms with Gasteiger partial charge in [0.05, 0.1) is 11.6 Å². The molecule has 0 spiro atoms. The third-order valence-corrected chi connectivity index (χ3v) is 6.37. The van der Waals surface area contributed by atoms with Crippen molar-refractivity contribution in [1.82, 2.24) is 9.88 Å². The predicted molar refractivity (Wildman–Crippen MR) is 140 cm³/mol. The van der Waals surface area contributed by atoms with Crippen LogP contribution in [0.1, 0.15) is 33.9 Å². The summed E-state index contributed by atoms with van der Waals surface area (Å²) in [5.74, 6) is -0.934. The molecule has 5 rings (SSSR count). The van der Waals surface area contributed by atoms with Gasteiger partial charge in [-0.05, 0) is 60.0 Å². The van der Waals surface area contributed by atoms with E-state index >= 15 is 0 Å². The zero-order valence-corrected chi connectivity index (χ0v) is 20.4. The predicted octanol–water partition coefficient (Wildman–Crippen LogP) is 5.59. The Balaban J connectivity index is 1.45. The van der Waals surface area contributed by atoms with E-state index in [-0.39, 0.29) is 17.9 Å². The summed E-state index contributed by atoms with van der Waals surface area (Å²) < 4.78 is 5.89. The summed E-state index contributed by atoms with van der Waals surface area (Å²) in [5.41, 5.74) is 4.31. The summed E-state index contributed by atoms with van der Waals surface area (Å²) in [6.45, 7) is 2.67. The number of amides is 1. The lowest BCUT2D eigenvalue weighted by atomic mass is 9.95. The molecule has 1 amide bonds. The SMILES string of the molecule is Cc1cccc(COc2ccc(/C(O)=C3\C(=O)C(=O)N(Cc4ccncc4)[C@H]3c3ccccc3)cc2)c1. The van der Waals surface area contributed by atoms with Crippen molar-refractivity contribution in [3.63, 3.8) is 0 Å². The van der Waals surface area contributed by atoms with Crippen LogP contribution < -0.4 is 4.74 Å². The number of benzene rings is 3. The molecule has 3 aromatic carbocycles. The Bertz CT molecular complexity index is 1450. The van der Waals surface area contributed by atoms with E-state index < -0.39 is 17.7 Å². The molecule has 184 valence electrons. The molecule has 0 unspecified atom stereocenters. The monoisotopic (exact) mass is 490 g/mol. The number of ketones is 1. The molecule has 1 fully saturated rings. The normalized spacial score (nSPS) is 16.7. The number of aromatic nitrogens is 1. The molecule has 1 N–H and O–H groups in total. The molecular formula is C31H26N2O4. The molecule has 1 aliphatic rings. The number of carbonyl (C=O) groups is 2. The molecule has 0 radical (unpaired) electrons. The lowest BCUT2D eigenvalue weighted by Crippen LogP contribution is -2.29. The smallest absolute Gasteiger partial charge is 0.295 e. The van der Waals surface area contributed by atoms with Crippen LogP contribution >= 0.6 is 0 Å². The molecule has 0 aliphatic carbocycles. The average molecular weight is 491 g/mol. The maximum atomic E-state index is 13.2. The highest BCUT2D eigenvalue weighted by atomic mass is 16.5. The highest BCUT2D eigenvalue weighted by Crippen LogP contribution is 2.40. The summed E-state index contributed by atoms with van der Waals surface area (Å²) in [6.07, 6.45) is 3.29. The number of hydrogen-bond donors (Lipinski definition) is 1. The van der Waals surface area contributed by atoms with E-state index in [0.29, 0.717) is 17.9 Å². The number of hydrogen-bond acceptors (Lipinski definition) is 5. The Kier molecular flexibility index (Phi) is 6.81. The van der Waals surface area contributed by atoms with Gasteiger partial charge >= 0.3 is 0 Å². The first-order valence-electron chi connectivity index (χ1n) is 12.0. The van der Waals surface area contributed by atoms with Gasteiger partial charge in [-0.15, -0.1) is 0 Å². The standard InChI is InChI=1S/C31H26N2O4/c1-21-6-5-7-23(18-21)20-37-26-12-10-25(11-13-26)29(34)27-28(24-8-3-2-4-9-24)33(31(36)30(27)35)19-22-14-16-32-17-15-22/h2-18,28,34H,19-20H2,1H3/b29-27+/t28-/m0/s1. The van der Waals surface area contributed by atoms with Crippen molar-refractivity contribution in [2.75, 3.05) is 0 Å². The van der Waals surface area contributed by atoms with E-state index in [0.717, 1.165) is 22.3 Å². The number of likely N-dealkylation sites (tertiary alicyclic amines) is 1. The van der Waals surface area contributed by atoms with Crippen LogP contribution in [0.3, 0.4) is 0 Å². The van der Waals surface area contributed by atoms with E-state index in [4.69, 9.17) is 4.74 Å². The topological polar surface area (TPSA) is 79.7 Å². The van der Waals surface area contributed by atoms with Crippen molar-refractivity contribution >= 4 is 17.4 Å². The van der Waals surface area contributed by atoms with E-state index in [1.807, 2.05) is 55.5 Å². The second kappa shape index (κ2) is 10.5. The van der Waals surface area contributed by atoms with E-state index in [1.54, 1.807) is 48.8 Å². The fourth-order valence-electron chi connectivity index (χ4n) is 4.54. The van der Waals surface area contributed by atoms with Gasteiger partial charge in [0, 0.05) is 24.5 Å². The Hall–Kier alpha value is -4.71. The van der Waals surface area contributed by atoms with Gasteiger partial charge in [0.25, 0.3) is 11.7 Å². The second-order valence-corrected chi connectivity index (χ2v) is 9.00. The molecule has 6 nitrogen and oxygen atoms in total. The fraction of sp³-hybridized carbons (Fsp3) is 0.129. The number of nitrogens with zero attached hydrogens (tertiary/aromatic N) is 2. The van der Waals surface area contributed by atoms with Crippen LogP contribution in [-0.4, -0.2) is 26.7 Å². The first-order valence-corrected chi connectivity index (χ1v) is 12.0. The number of ether oxygens (including phenoxy) is 1. The Morgan fingerprint density at radius 2 is 1.62 bits per heavy atom. The van der Waals surface area contributed by atoms with E-state index in [2.05, 4.69) is 11.1 Å². The Morgan fingerprint density at radius 1 is 0.892 bits per heavy atom. The van der Waals surface area contributed by atoms with Gasteiger partial charge in [-0.1, -0.05) is 60.2 Å². The zero-order chi connectivity index (χ0) is 25.8. The van der Waals surface area contributed by atoms with Gasteiger partial charge in [0.2, 0.25) is 0 Å². The zero-order valence-electron chi connectivity index (χ0n) is 20.4. The van der Waals surface area contributed by atoms with Gasteiger partial charge < -0.3 is 14.7 Å². The molecular weight excluding hydrogens is 464 g/mol. The van der Waals surface area contributed by atoms with Crippen molar-refractivity contribution in [3.8, 4) is 5.75 Å². The molecule has 1 atom stereocenters. The maximum Gasteiger partial charge on any atom is 0.295 e. The summed E-state index contributed by atoms with van der Waals surface area (Å²) >= 11 is 0. The lowest BCUT2D eigenvalue weighted by Gasteiger charge is -2.25. The minimum atomic E-state index is -0.716. The molecule has 1 saturated heterocycles. The van der Waals surface area contributed by atoms with Crippen molar-refractivity contribution in [2.24, 2.45) is 0 Å². The van der Waals surface area contributed by atoms with Gasteiger partial charge in [-0.2, -0.15) is 0 Å². The third kappa shape index (κ3) is 5.14. The largest absolute Gasteiger partial charge is 0.507 e. The number of rotatable bonds is 7. The van der Waals surface area contributed by atoms with Crippen molar-refractivity contribution in [3.05, 3.63) is 137 Å². The Labute approximate surface area is 215 Å². The first-order chi connectivity index (χ1) is 18.0. The molecule has 6 heteroatoms. The first kappa shape index (κ1) is 24.0. The van der Waals surface area contributed by atoms with Crippen LogP contribution in [-0.2, 0) is 22.7 Å². The van der Waals surface area contributed by atoms with Crippen LogP contribution in [0.2, 0.25) is 0 Å². The quantitative estimate of drug-likeness (QED) is 0.208. The molecule has 0 saturated carbocycles. The number of pyridine rings is 1. The van der Waals surface area contributed by atoms with Gasteiger partial charge in [-0.25, -0.2) is 0 Å². The highest BCUT2D eigenvalue weighted by Gasteiger charge is 2.46. The number of aryl methyl sites for hydroxylation is 1. The molecule has 1 aromatic heterocycles. The fourth-order valence-corrected chi connectivity index (χ4v) is 4.54. The summed E-state index contributed by atoms with van der Waals surface area (Å²) in [5, 5.41) is 11.3. The number of aliphatic hydroxyl groups is 1. The second-order valence-electron chi connectivity index (χ2n) is 9.00. The van der Waals surface area contributed by atoms with Crippen LogP contribution in [0.4, 0.5) is 0 Å². The third-order valence-electron chi connectivity index (χ3n) is 6.37. The average Bonchev–Trinajstić information content (AvgIpc) is 3.18. The Morgan fingerprint density at radius 3 is 2.32 bits per heavy atom. The summed E-state index contributed by atoms with van der Waals surface area (Å²) in [4.78, 5) is 31.9. The van der Waals surface area contributed by atoms with Gasteiger partial charge in [0.1, 0.15) is 18.1 Å². The van der Waals surface area contributed by atoms with Crippen LogP contribution in [0.5, 0.6) is 5.75 Å². The van der Waals surface area contributed by atoms with E-state index in [9.17, 15) is 14.7 Å². The molecule has 4 aromatic rings. The van der Waals surface area contributed by atoms with Crippen molar-refractivity contribution < 1.29 is 19.4 Å². The number of carbonyl (C=O) groups excluding carboxylic acids is 2. The van der Waals surface area contributed by atoms with Crippen LogP contribution in [0.25, 0.3) is 5.76 Å². The van der Waals surface area contributed by atoms with Gasteiger partial charge in [0.15, 0.2) is 0 Å². The minimum Gasteiger partial charge on any atom is -0.507 e. The maximum absolute atomic E-state index is 13.2. The minimum absolute atomic E-state index is 0.0682. The molecule has 37 heavy (non-hydrogen) atoms. The highest BCUT2D eigenvalue weighted by molar-refractivity contribution is 6.46. The molecule has 1 aliphatic heterocycles. The van der Waals surface area contributed by atoms with Crippen molar-refractivity contribution in [1.29, 1.82) is 0 Å². The summed E-state index contributed by atoms with van der Waals surface area (Å²) in [7, 11) is 0. The molecule has 2 heterocycles. The van der Waals surface area contributed by atoms with E-state index in [1.165, 1.54) is 4.90 Å². The number of aliphatic hydroxyl groups excluding tert-OH is 1. The summed E-state index contributed by atoms with van der Waals surface area (Å²) in [6, 6.07) is 27.1. The number of Topliss-reactive ketones (excluding diaryl/α,β-unsaturated/α-hetero) is 1. The van der Waals surface area contributed by atoms with Crippen LogP contribution in [0, 0.1) is 6.92 Å². The van der Waals surface area contributed by atoms with Gasteiger partial charge in [-0.3, -0.25) is 14.6 Å². The lowest BCUT2D eigenvalue weighted by molar-refractivity contribution is -0.140. The molecule has 0 bridgehead atoms.